The van der Waals surface area contributed by atoms with Gasteiger partial charge in [0, 0.05) is 6.20 Å². The van der Waals surface area contributed by atoms with Crippen molar-refractivity contribution >= 4 is 11.9 Å². The molecule has 0 aromatic carbocycles. The van der Waals surface area contributed by atoms with Crippen LogP contribution in [0.5, 0.6) is 5.88 Å². The molecule has 0 aliphatic heterocycles. The molecule has 6 heteroatoms. The number of hydrogen-bond acceptors (Lipinski definition) is 4. The zero-order valence-electron chi connectivity index (χ0n) is 11.2. The Morgan fingerprint density at radius 3 is 2.68 bits per heavy atom. The number of carboxylic acids is 1. The highest BCUT2D eigenvalue weighted by Crippen LogP contribution is 2.14. The Kier molecular flexibility index (Phi) is 5.29. The Morgan fingerprint density at radius 1 is 1.47 bits per heavy atom. The van der Waals surface area contributed by atoms with Crippen molar-refractivity contribution in [2.75, 3.05) is 7.11 Å². The Balaban J connectivity index is 2.84. The minimum atomic E-state index is -1.05. The fourth-order valence-electron chi connectivity index (χ4n) is 1.66. The number of pyridine rings is 1. The highest BCUT2D eigenvalue weighted by atomic mass is 16.5. The van der Waals surface area contributed by atoms with Gasteiger partial charge in [0.25, 0.3) is 5.91 Å². The van der Waals surface area contributed by atoms with Gasteiger partial charge in [-0.1, -0.05) is 13.8 Å². The van der Waals surface area contributed by atoms with Crippen molar-refractivity contribution in [2.45, 2.75) is 26.3 Å². The Morgan fingerprint density at radius 2 is 2.16 bits per heavy atom. The lowest BCUT2D eigenvalue weighted by molar-refractivity contribution is -0.139. The number of aromatic nitrogens is 1. The van der Waals surface area contributed by atoms with Crippen LogP contribution in [-0.2, 0) is 4.79 Å². The predicted octanol–water partition coefficient (Wildman–Crippen LogP) is 1.32. The number of methoxy groups -OCH3 is 1. The third-order valence-corrected chi connectivity index (χ3v) is 2.52. The fraction of sp³-hybridized carbons (Fsp3) is 0.462. The number of hydrogen-bond donors (Lipinski definition) is 2. The van der Waals surface area contributed by atoms with Gasteiger partial charge >= 0.3 is 5.97 Å². The summed E-state index contributed by atoms with van der Waals surface area (Å²) in [7, 11) is 1.40. The molecule has 0 saturated carbocycles. The second-order valence-corrected chi connectivity index (χ2v) is 4.55. The van der Waals surface area contributed by atoms with Gasteiger partial charge in [-0.25, -0.2) is 9.78 Å². The van der Waals surface area contributed by atoms with Crippen LogP contribution in [0.15, 0.2) is 18.3 Å². The van der Waals surface area contributed by atoms with E-state index in [1.807, 2.05) is 13.8 Å². The molecule has 1 amide bonds. The number of nitrogens with one attached hydrogen (secondary N) is 1. The SMILES string of the molecule is COc1ncccc1C(=O)N[C@@H](CC(C)C)C(=O)O. The summed E-state index contributed by atoms with van der Waals surface area (Å²) >= 11 is 0. The van der Waals surface area contributed by atoms with Crippen molar-refractivity contribution in [3.63, 3.8) is 0 Å². The molecule has 0 saturated heterocycles. The van der Waals surface area contributed by atoms with Crippen LogP contribution in [0.4, 0.5) is 0 Å². The van der Waals surface area contributed by atoms with Gasteiger partial charge in [-0.05, 0) is 24.5 Å². The molecule has 0 unspecified atom stereocenters. The van der Waals surface area contributed by atoms with Crippen LogP contribution in [0.2, 0.25) is 0 Å². The summed E-state index contributed by atoms with van der Waals surface area (Å²) in [6, 6.07) is 2.21. The van der Waals surface area contributed by atoms with Crippen molar-refractivity contribution in [1.82, 2.24) is 10.3 Å². The van der Waals surface area contributed by atoms with E-state index in [-0.39, 0.29) is 17.4 Å². The number of carbonyl (C=O) groups excluding carboxylic acids is 1. The summed E-state index contributed by atoms with van der Waals surface area (Å²) in [5.41, 5.74) is 0.222. The predicted molar refractivity (Wildman–Crippen MR) is 69.1 cm³/mol. The molecule has 6 nitrogen and oxygen atoms in total. The molecule has 0 fully saturated rings. The van der Waals surface area contributed by atoms with E-state index in [0.717, 1.165) is 0 Å². The van der Waals surface area contributed by atoms with E-state index in [4.69, 9.17) is 9.84 Å². The van der Waals surface area contributed by atoms with E-state index < -0.39 is 17.9 Å². The van der Waals surface area contributed by atoms with Gasteiger partial charge in [0.2, 0.25) is 5.88 Å². The zero-order chi connectivity index (χ0) is 14.4. The molecule has 1 aromatic heterocycles. The molecular weight excluding hydrogens is 248 g/mol. The number of carbonyl (C=O) groups is 2. The van der Waals surface area contributed by atoms with Crippen LogP contribution >= 0.6 is 0 Å². The number of aliphatic carboxylic acids is 1. The second kappa shape index (κ2) is 6.72. The highest BCUT2D eigenvalue weighted by Gasteiger charge is 2.23. The monoisotopic (exact) mass is 266 g/mol. The van der Waals surface area contributed by atoms with E-state index in [1.165, 1.54) is 19.4 Å². The van der Waals surface area contributed by atoms with Crippen LogP contribution in [0, 0.1) is 5.92 Å². The standard InChI is InChI=1S/C13H18N2O4/c1-8(2)7-10(13(17)18)15-11(16)9-5-4-6-14-12(9)19-3/h4-6,8,10H,7H2,1-3H3,(H,15,16)(H,17,18)/t10-/m0/s1. The van der Waals surface area contributed by atoms with Crippen LogP contribution in [0.1, 0.15) is 30.6 Å². The van der Waals surface area contributed by atoms with Crippen LogP contribution in [-0.4, -0.2) is 35.1 Å². The fourth-order valence-corrected chi connectivity index (χ4v) is 1.66. The summed E-state index contributed by atoms with van der Waals surface area (Å²) in [4.78, 5) is 27.0. The van der Waals surface area contributed by atoms with Gasteiger partial charge in [0.1, 0.15) is 11.6 Å². The first-order valence-electron chi connectivity index (χ1n) is 5.98. The number of ether oxygens (including phenoxy) is 1. The molecule has 1 aromatic rings. The quantitative estimate of drug-likeness (QED) is 0.810. The van der Waals surface area contributed by atoms with Crippen LogP contribution < -0.4 is 10.1 Å². The number of rotatable bonds is 6. The van der Waals surface area contributed by atoms with Crippen molar-refractivity contribution < 1.29 is 19.4 Å². The molecule has 0 spiro atoms. The van der Waals surface area contributed by atoms with Gasteiger partial charge in [-0.2, -0.15) is 0 Å². The molecule has 104 valence electrons. The number of nitrogens with zero attached hydrogens (tertiary/aromatic N) is 1. The van der Waals surface area contributed by atoms with E-state index in [0.29, 0.717) is 6.42 Å². The maximum absolute atomic E-state index is 12.0. The number of carboxylic acid groups (broad SMARTS) is 1. The maximum atomic E-state index is 12.0. The Labute approximate surface area is 111 Å². The van der Waals surface area contributed by atoms with Gasteiger partial charge in [0.15, 0.2) is 0 Å². The van der Waals surface area contributed by atoms with E-state index in [2.05, 4.69) is 10.3 Å². The van der Waals surface area contributed by atoms with Gasteiger partial charge in [-0.15, -0.1) is 0 Å². The second-order valence-electron chi connectivity index (χ2n) is 4.55. The minimum Gasteiger partial charge on any atom is -0.480 e. The Hall–Kier alpha value is -2.11. The first kappa shape index (κ1) is 14.9. The lowest BCUT2D eigenvalue weighted by Gasteiger charge is -2.17. The molecule has 0 aliphatic rings. The van der Waals surface area contributed by atoms with Crippen LogP contribution in [0.25, 0.3) is 0 Å². The molecular formula is C13H18N2O4. The maximum Gasteiger partial charge on any atom is 0.326 e. The van der Waals surface area contributed by atoms with Crippen LogP contribution in [0.3, 0.4) is 0 Å². The minimum absolute atomic E-state index is 0.164. The smallest absolute Gasteiger partial charge is 0.326 e. The van der Waals surface area contributed by atoms with Crippen molar-refractivity contribution in [3.05, 3.63) is 23.9 Å². The highest BCUT2D eigenvalue weighted by molar-refractivity contribution is 5.98. The third kappa shape index (κ3) is 4.24. The topological polar surface area (TPSA) is 88.5 Å². The number of amides is 1. The van der Waals surface area contributed by atoms with E-state index in [9.17, 15) is 9.59 Å². The molecule has 0 aliphatic carbocycles. The third-order valence-electron chi connectivity index (χ3n) is 2.52. The average molecular weight is 266 g/mol. The van der Waals surface area contributed by atoms with Crippen molar-refractivity contribution in [2.24, 2.45) is 5.92 Å². The summed E-state index contributed by atoms with van der Waals surface area (Å²) < 4.78 is 4.97. The first-order chi connectivity index (χ1) is 8.95. The Bertz CT molecular complexity index is 460. The average Bonchev–Trinajstić information content (AvgIpc) is 2.37. The van der Waals surface area contributed by atoms with Crippen molar-refractivity contribution in [3.8, 4) is 5.88 Å². The van der Waals surface area contributed by atoms with E-state index in [1.54, 1.807) is 6.07 Å². The first-order valence-corrected chi connectivity index (χ1v) is 5.98. The van der Waals surface area contributed by atoms with Gasteiger partial charge in [0.05, 0.1) is 7.11 Å². The lowest BCUT2D eigenvalue weighted by Crippen LogP contribution is -2.41. The van der Waals surface area contributed by atoms with Crippen molar-refractivity contribution in [1.29, 1.82) is 0 Å². The summed E-state index contributed by atoms with van der Waals surface area (Å²) in [6.07, 6.45) is 1.86. The molecule has 1 atom stereocenters. The largest absolute Gasteiger partial charge is 0.480 e. The summed E-state index contributed by atoms with van der Waals surface area (Å²) in [6.45, 7) is 3.79. The molecule has 0 radical (unpaired) electrons. The zero-order valence-corrected chi connectivity index (χ0v) is 11.2. The van der Waals surface area contributed by atoms with Gasteiger partial charge < -0.3 is 15.2 Å². The van der Waals surface area contributed by atoms with E-state index >= 15 is 0 Å². The molecule has 1 heterocycles. The molecule has 0 bridgehead atoms. The molecule has 1 rings (SSSR count). The summed E-state index contributed by atoms with van der Waals surface area (Å²) in [5.74, 6) is -1.21. The normalized spacial score (nSPS) is 12.0. The van der Waals surface area contributed by atoms with Gasteiger partial charge in [-0.3, -0.25) is 4.79 Å². The summed E-state index contributed by atoms with van der Waals surface area (Å²) in [5, 5.41) is 11.6. The molecule has 2 N–H and O–H groups in total. The lowest BCUT2D eigenvalue weighted by atomic mass is 10.0. The molecule has 19 heavy (non-hydrogen) atoms.